The molecule has 3 rings (SSSR count). The van der Waals surface area contributed by atoms with E-state index in [1.54, 1.807) is 10.8 Å². The third-order valence-electron chi connectivity index (χ3n) is 6.83. The Morgan fingerprint density at radius 2 is 1.93 bits per heavy atom. The van der Waals surface area contributed by atoms with E-state index >= 15 is 0 Å². The maximum absolute atomic E-state index is 13.5. The van der Waals surface area contributed by atoms with Gasteiger partial charge in [-0.2, -0.15) is 0 Å². The molecule has 1 fully saturated rings. The molecule has 0 saturated carbocycles. The first-order valence-corrected chi connectivity index (χ1v) is 14.0. The molecule has 1 saturated heterocycles. The van der Waals surface area contributed by atoms with Crippen LogP contribution in [0.1, 0.15) is 37.6 Å². The fourth-order valence-corrected chi connectivity index (χ4v) is 7.68. The Bertz CT molecular complexity index is 939. The lowest BCUT2D eigenvalue weighted by atomic mass is 9.69. The van der Waals surface area contributed by atoms with Gasteiger partial charge in [0, 0.05) is 17.5 Å². The van der Waals surface area contributed by atoms with Gasteiger partial charge >= 0.3 is 5.97 Å². The highest BCUT2D eigenvalue weighted by Crippen LogP contribution is 2.52. The molecule has 1 aliphatic rings. The molecule has 30 heavy (non-hydrogen) atoms. The standard InChI is InChI=1S/C22H31N3O3SSi/c1-21(2,3)30(4,5)25-18(26)17(12-11-16-14-24-20(23)29-16)22(25,19(27)28)13-15-9-7-6-8-10-15/h6-10,14,17H,11-13H2,1-5H3,(H2,23,24)(H,27,28)/t17-,22-/m0/s1. The van der Waals surface area contributed by atoms with E-state index < -0.39 is 25.7 Å². The van der Waals surface area contributed by atoms with Crippen molar-refractivity contribution in [3.8, 4) is 0 Å². The highest BCUT2D eigenvalue weighted by molar-refractivity contribution is 7.15. The number of thiazole rings is 1. The summed E-state index contributed by atoms with van der Waals surface area (Å²) >= 11 is 1.39. The number of carboxylic acids is 1. The number of nitrogen functional groups attached to an aromatic ring is 1. The van der Waals surface area contributed by atoms with Crippen LogP contribution in [0.25, 0.3) is 0 Å². The van der Waals surface area contributed by atoms with Crippen molar-refractivity contribution in [1.29, 1.82) is 0 Å². The second-order valence-corrected chi connectivity index (χ2v) is 15.8. The van der Waals surface area contributed by atoms with Crippen molar-refractivity contribution in [2.24, 2.45) is 5.92 Å². The number of rotatable bonds is 7. The number of benzene rings is 1. The van der Waals surface area contributed by atoms with Crippen LogP contribution in [-0.4, -0.2) is 40.3 Å². The van der Waals surface area contributed by atoms with Gasteiger partial charge in [0.2, 0.25) is 5.91 Å². The van der Waals surface area contributed by atoms with Crippen LogP contribution in [0, 0.1) is 5.92 Å². The average molecular weight is 446 g/mol. The van der Waals surface area contributed by atoms with Crippen LogP contribution in [0.4, 0.5) is 5.13 Å². The molecule has 6 nitrogen and oxygen atoms in total. The summed E-state index contributed by atoms with van der Waals surface area (Å²) in [4.78, 5) is 31.4. The van der Waals surface area contributed by atoms with Crippen molar-refractivity contribution in [2.75, 3.05) is 5.73 Å². The number of β-lactam (4-membered cyclic amide) rings is 1. The number of carbonyl (C=O) groups is 2. The summed E-state index contributed by atoms with van der Waals surface area (Å²) in [5.41, 5.74) is 5.44. The Kier molecular flexibility index (Phi) is 5.86. The molecule has 3 N–H and O–H groups in total. The van der Waals surface area contributed by atoms with Crippen molar-refractivity contribution < 1.29 is 14.7 Å². The second kappa shape index (κ2) is 7.81. The predicted octanol–water partition coefficient (Wildman–Crippen LogP) is 4.19. The van der Waals surface area contributed by atoms with Crippen molar-refractivity contribution in [1.82, 2.24) is 9.55 Å². The Hall–Kier alpha value is -2.19. The number of amides is 1. The zero-order chi connectivity index (χ0) is 22.3. The molecule has 2 aromatic rings. The summed E-state index contributed by atoms with van der Waals surface area (Å²) < 4.78 is 1.78. The summed E-state index contributed by atoms with van der Waals surface area (Å²) in [7, 11) is -2.41. The van der Waals surface area contributed by atoms with Crippen LogP contribution in [-0.2, 0) is 22.4 Å². The molecule has 1 aromatic heterocycles. The van der Waals surface area contributed by atoms with Gasteiger partial charge in [-0.15, -0.1) is 11.3 Å². The minimum Gasteiger partial charge on any atom is -0.479 e. The average Bonchev–Trinajstić information content (AvgIpc) is 3.05. The Morgan fingerprint density at radius 3 is 2.43 bits per heavy atom. The van der Waals surface area contributed by atoms with Crippen LogP contribution in [0.3, 0.4) is 0 Å². The number of nitrogens with two attached hydrogens (primary N) is 1. The number of hydrogen-bond acceptors (Lipinski definition) is 5. The number of aromatic nitrogens is 1. The molecule has 2 heterocycles. The molecule has 0 spiro atoms. The molecule has 1 amide bonds. The lowest BCUT2D eigenvalue weighted by Gasteiger charge is -2.63. The number of hydrogen-bond donors (Lipinski definition) is 2. The van der Waals surface area contributed by atoms with E-state index in [9.17, 15) is 14.7 Å². The second-order valence-electron chi connectivity index (χ2n) is 9.63. The summed E-state index contributed by atoms with van der Waals surface area (Å²) in [5.74, 6) is -1.50. The Morgan fingerprint density at radius 1 is 1.30 bits per heavy atom. The number of aliphatic carboxylic acids is 1. The molecule has 0 radical (unpaired) electrons. The minimum atomic E-state index is -2.41. The van der Waals surface area contributed by atoms with Crippen molar-refractivity contribution >= 4 is 36.6 Å². The molecule has 2 atom stereocenters. The molecule has 1 aliphatic heterocycles. The highest BCUT2D eigenvalue weighted by Gasteiger charge is 2.69. The molecule has 1 aromatic carbocycles. The minimum absolute atomic E-state index is 0.0302. The van der Waals surface area contributed by atoms with E-state index in [1.165, 1.54) is 11.3 Å². The van der Waals surface area contributed by atoms with Gasteiger partial charge in [-0.3, -0.25) is 4.79 Å². The smallest absolute Gasteiger partial charge is 0.330 e. The topological polar surface area (TPSA) is 96.5 Å². The van der Waals surface area contributed by atoms with E-state index in [-0.39, 0.29) is 10.9 Å². The van der Waals surface area contributed by atoms with Gasteiger partial charge in [-0.25, -0.2) is 9.78 Å². The van der Waals surface area contributed by atoms with Crippen molar-refractivity contribution in [2.45, 2.75) is 63.7 Å². The molecular weight excluding hydrogens is 414 g/mol. The third kappa shape index (κ3) is 3.67. The molecule has 0 bridgehead atoms. The number of nitrogens with zero attached hydrogens (tertiary/aromatic N) is 2. The quantitative estimate of drug-likeness (QED) is 0.492. The van der Waals surface area contributed by atoms with E-state index in [0.717, 1.165) is 10.4 Å². The van der Waals surface area contributed by atoms with Gasteiger partial charge in [0.05, 0.1) is 5.92 Å². The van der Waals surface area contributed by atoms with Crippen LogP contribution >= 0.6 is 11.3 Å². The van der Waals surface area contributed by atoms with Crippen LogP contribution < -0.4 is 5.73 Å². The van der Waals surface area contributed by atoms with Crippen LogP contribution in [0.15, 0.2) is 36.5 Å². The molecule has 8 heteroatoms. The molecule has 162 valence electrons. The summed E-state index contributed by atoms with van der Waals surface area (Å²) in [6.07, 6.45) is 3.11. The largest absolute Gasteiger partial charge is 0.479 e. The molecule has 0 unspecified atom stereocenters. The van der Waals surface area contributed by atoms with Crippen molar-refractivity contribution in [3.63, 3.8) is 0 Å². The SMILES string of the molecule is CC(C)(C)[Si](C)(C)N1C(=O)[C@H](CCc2cnc(N)s2)[C@@]1(Cc1ccccc1)C(=O)O. The lowest BCUT2D eigenvalue weighted by Crippen LogP contribution is -2.83. The first kappa shape index (κ1) is 22.5. The van der Waals surface area contributed by atoms with Crippen LogP contribution in [0.2, 0.25) is 18.1 Å². The van der Waals surface area contributed by atoms with E-state index in [4.69, 9.17) is 5.73 Å². The number of carbonyl (C=O) groups excluding carboxylic acids is 1. The zero-order valence-electron chi connectivity index (χ0n) is 18.3. The van der Waals surface area contributed by atoms with Gasteiger partial charge in [-0.1, -0.05) is 64.2 Å². The van der Waals surface area contributed by atoms with Gasteiger partial charge in [0.25, 0.3) is 0 Å². The number of anilines is 1. The maximum atomic E-state index is 13.5. The lowest BCUT2D eigenvalue weighted by molar-refractivity contribution is -0.179. The first-order chi connectivity index (χ1) is 13.9. The summed E-state index contributed by atoms with van der Waals surface area (Å²) in [6, 6.07) is 9.63. The molecular formula is C22H31N3O3SSi. The first-order valence-electron chi connectivity index (χ1n) is 10.2. The molecule has 0 aliphatic carbocycles. The van der Waals surface area contributed by atoms with E-state index in [1.807, 2.05) is 30.3 Å². The summed E-state index contributed by atoms with van der Waals surface area (Å²) in [5, 5.41) is 10.9. The van der Waals surface area contributed by atoms with Gasteiger partial charge in [0.15, 0.2) is 13.4 Å². The predicted molar refractivity (Wildman–Crippen MR) is 123 cm³/mol. The van der Waals surface area contributed by atoms with Crippen molar-refractivity contribution in [3.05, 3.63) is 47.0 Å². The highest BCUT2D eigenvalue weighted by atomic mass is 32.1. The van der Waals surface area contributed by atoms with E-state index in [2.05, 4.69) is 38.8 Å². The van der Waals surface area contributed by atoms with Gasteiger partial charge in [-0.05, 0) is 23.4 Å². The Labute approximate surface area is 183 Å². The summed E-state index contributed by atoms with van der Waals surface area (Å²) in [6.45, 7) is 10.5. The monoisotopic (exact) mass is 445 g/mol. The number of aryl methyl sites for hydroxylation is 1. The van der Waals surface area contributed by atoms with Gasteiger partial charge < -0.3 is 15.4 Å². The van der Waals surface area contributed by atoms with Crippen LogP contribution in [0.5, 0.6) is 0 Å². The fraction of sp³-hybridized carbons (Fsp3) is 0.500. The maximum Gasteiger partial charge on any atom is 0.330 e. The Balaban J connectivity index is 2.02. The number of carboxylic acid groups (broad SMARTS) is 1. The fourth-order valence-electron chi connectivity index (χ4n) is 4.27. The van der Waals surface area contributed by atoms with Gasteiger partial charge in [0.1, 0.15) is 5.54 Å². The zero-order valence-corrected chi connectivity index (χ0v) is 20.1. The third-order valence-corrected chi connectivity index (χ3v) is 13.1. The normalized spacial score (nSPS) is 22.1. The van der Waals surface area contributed by atoms with E-state index in [0.29, 0.717) is 24.4 Å².